The van der Waals surface area contributed by atoms with Gasteiger partial charge in [0.05, 0.1) is 5.69 Å². The lowest BCUT2D eigenvalue weighted by Gasteiger charge is -2.18. The van der Waals surface area contributed by atoms with Gasteiger partial charge in [-0.15, -0.1) is 0 Å². The third-order valence-corrected chi connectivity index (χ3v) is 4.14. The second-order valence-corrected chi connectivity index (χ2v) is 6.06. The Balaban J connectivity index is 1.28. The molecule has 1 aliphatic rings. The number of aromatic nitrogens is 1. The maximum absolute atomic E-state index is 13.0. The Labute approximate surface area is 150 Å². The molecule has 0 atom stereocenters. The van der Waals surface area contributed by atoms with E-state index in [0.717, 1.165) is 47.8 Å². The molecule has 1 N–H and O–H groups in total. The third kappa shape index (κ3) is 3.86. The van der Waals surface area contributed by atoms with Crippen molar-refractivity contribution < 1.29 is 18.3 Å². The van der Waals surface area contributed by atoms with Crippen molar-refractivity contribution in [3.8, 4) is 23.0 Å². The number of nitrogens with zero attached hydrogens (tertiary/aromatic N) is 1. The molecule has 6 heteroatoms. The van der Waals surface area contributed by atoms with Gasteiger partial charge in [-0.1, -0.05) is 6.07 Å². The number of rotatable bonds is 6. The van der Waals surface area contributed by atoms with Crippen LogP contribution in [0.1, 0.15) is 11.3 Å². The van der Waals surface area contributed by atoms with Gasteiger partial charge in [-0.25, -0.2) is 9.37 Å². The summed E-state index contributed by atoms with van der Waals surface area (Å²) >= 11 is 0. The first-order chi connectivity index (χ1) is 12.8. The van der Waals surface area contributed by atoms with Gasteiger partial charge < -0.3 is 19.2 Å². The number of benzene rings is 2. The molecule has 5 nitrogen and oxygen atoms in total. The lowest BCUT2D eigenvalue weighted by atomic mass is 10.2. The molecular weight excluding hydrogens is 335 g/mol. The minimum absolute atomic E-state index is 0.274. The Morgan fingerprint density at radius 3 is 2.65 bits per heavy atom. The normalized spacial score (nSPS) is 13.0. The topological polar surface area (TPSA) is 56.5 Å². The molecule has 2 heterocycles. The SMILES string of the molecule is Fc1ccc(-c2nc(CCNCc3ccc4c(c3)OCCO4)co2)cc1. The first kappa shape index (κ1) is 16.6. The van der Waals surface area contributed by atoms with Crippen LogP contribution in [-0.2, 0) is 13.0 Å². The lowest BCUT2D eigenvalue weighted by Crippen LogP contribution is -2.18. The van der Waals surface area contributed by atoms with E-state index in [-0.39, 0.29) is 5.82 Å². The molecule has 0 radical (unpaired) electrons. The van der Waals surface area contributed by atoms with Crippen molar-refractivity contribution in [3.63, 3.8) is 0 Å². The van der Waals surface area contributed by atoms with Gasteiger partial charge in [0.2, 0.25) is 5.89 Å². The fourth-order valence-corrected chi connectivity index (χ4v) is 2.79. The van der Waals surface area contributed by atoms with E-state index in [4.69, 9.17) is 13.9 Å². The third-order valence-electron chi connectivity index (χ3n) is 4.14. The first-order valence-corrected chi connectivity index (χ1v) is 8.57. The number of oxazole rings is 1. The van der Waals surface area contributed by atoms with Crippen molar-refractivity contribution in [1.82, 2.24) is 10.3 Å². The van der Waals surface area contributed by atoms with E-state index in [9.17, 15) is 4.39 Å². The highest BCUT2D eigenvalue weighted by atomic mass is 19.1. The van der Waals surface area contributed by atoms with E-state index in [2.05, 4.69) is 10.3 Å². The molecule has 1 aliphatic heterocycles. The van der Waals surface area contributed by atoms with Gasteiger partial charge in [0.15, 0.2) is 11.5 Å². The molecule has 0 bridgehead atoms. The van der Waals surface area contributed by atoms with Crippen LogP contribution < -0.4 is 14.8 Å². The predicted molar refractivity (Wildman–Crippen MR) is 94.7 cm³/mol. The first-order valence-electron chi connectivity index (χ1n) is 8.57. The summed E-state index contributed by atoms with van der Waals surface area (Å²) in [6.45, 7) is 2.69. The van der Waals surface area contributed by atoms with Crippen molar-refractivity contribution in [2.75, 3.05) is 19.8 Å². The van der Waals surface area contributed by atoms with Crippen molar-refractivity contribution in [2.24, 2.45) is 0 Å². The minimum Gasteiger partial charge on any atom is -0.486 e. The fourth-order valence-electron chi connectivity index (χ4n) is 2.79. The smallest absolute Gasteiger partial charge is 0.226 e. The minimum atomic E-state index is -0.274. The zero-order valence-corrected chi connectivity index (χ0v) is 14.2. The number of ether oxygens (including phenoxy) is 2. The number of hydrogen-bond acceptors (Lipinski definition) is 5. The highest BCUT2D eigenvalue weighted by Gasteiger charge is 2.11. The molecular formula is C20H19FN2O3. The van der Waals surface area contributed by atoms with Crippen LogP contribution in [0.4, 0.5) is 4.39 Å². The summed E-state index contributed by atoms with van der Waals surface area (Å²) in [6.07, 6.45) is 2.39. The quantitative estimate of drug-likeness (QED) is 0.686. The molecule has 4 rings (SSSR count). The average Bonchev–Trinajstić information content (AvgIpc) is 3.15. The Morgan fingerprint density at radius 2 is 1.81 bits per heavy atom. The predicted octanol–water partition coefficient (Wildman–Crippen LogP) is 3.58. The van der Waals surface area contributed by atoms with E-state index in [0.29, 0.717) is 19.1 Å². The maximum atomic E-state index is 13.0. The zero-order chi connectivity index (χ0) is 17.8. The summed E-state index contributed by atoms with van der Waals surface area (Å²) in [5, 5.41) is 3.39. The van der Waals surface area contributed by atoms with E-state index in [1.807, 2.05) is 18.2 Å². The summed E-state index contributed by atoms with van der Waals surface area (Å²) < 4.78 is 29.6. The van der Waals surface area contributed by atoms with Crippen LogP contribution in [-0.4, -0.2) is 24.7 Å². The van der Waals surface area contributed by atoms with Crippen LogP contribution in [0.3, 0.4) is 0 Å². The Hall–Kier alpha value is -2.86. The van der Waals surface area contributed by atoms with E-state index < -0.39 is 0 Å². The van der Waals surface area contributed by atoms with E-state index in [1.54, 1.807) is 18.4 Å². The summed E-state index contributed by atoms with van der Waals surface area (Å²) in [5.41, 5.74) is 2.77. The molecule has 0 aliphatic carbocycles. The number of hydrogen-bond donors (Lipinski definition) is 1. The fraction of sp³-hybridized carbons (Fsp3) is 0.250. The van der Waals surface area contributed by atoms with Gasteiger partial charge in [-0.3, -0.25) is 0 Å². The molecule has 26 heavy (non-hydrogen) atoms. The van der Waals surface area contributed by atoms with E-state index >= 15 is 0 Å². The second-order valence-electron chi connectivity index (χ2n) is 6.06. The Morgan fingerprint density at radius 1 is 1.00 bits per heavy atom. The van der Waals surface area contributed by atoms with Crippen LogP contribution in [0.2, 0.25) is 0 Å². The highest BCUT2D eigenvalue weighted by Crippen LogP contribution is 2.30. The average molecular weight is 354 g/mol. The van der Waals surface area contributed by atoms with Crippen LogP contribution in [0.25, 0.3) is 11.5 Å². The molecule has 0 saturated carbocycles. The molecule has 0 unspecified atom stereocenters. The molecule has 2 aromatic carbocycles. The largest absolute Gasteiger partial charge is 0.486 e. The molecule has 134 valence electrons. The maximum Gasteiger partial charge on any atom is 0.226 e. The highest BCUT2D eigenvalue weighted by molar-refractivity contribution is 5.52. The molecule has 0 spiro atoms. The van der Waals surface area contributed by atoms with E-state index in [1.165, 1.54) is 12.1 Å². The molecule has 3 aromatic rings. The monoisotopic (exact) mass is 354 g/mol. The summed E-state index contributed by atoms with van der Waals surface area (Å²) in [6, 6.07) is 12.1. The number of halogens is 1. The number of fused-ring (bicyclic) bond motifs is 1. The molecule has 0 fully saturated rings. The van der Waals surface area contributed by atoms with Crippen LogP contribution in [0, 0.1) is 5.82 Å². The van der Waals surface area contributed by atoms with Crippen molar-refractivity contribution in [2.45, 2.75) is 13.0 Å². The van der Waals surface area contributed by atoms with Crippen LogP contribution in [0.15, 0.2) is 53.1 Å². The summed E-state index contributed by atoms with van der Waals surface area (Å²) in [4.78, 5) is 4.45. The molecule has 0 amide bonds. The Kier molecular flexibility index (Phi) is 4.84. The van der Waals surface area contributed by atoms with Crippen molar-refractivity contribution >= 4 is 0 Å². The van der Waals surface area contributed by atoms with Crippen molar-refractivity contribution in [1.29, 1.82) is 0 Å². The second kappa shape index (κ2) is 7.58. The van der Waals surface area contributed by atoms with Gasteiger partial charge in [0.1, 0.15) is 25.3 Å². The standard InChI is InChI=1S/C20H19FN2O3/c21-16-4-2-15(3-5-16)20-23-17(13-26-20)7-8-22-12-14-1-6-18-19(11-14)25-10-9-24-18/h1-6,11,13,22H,7-10,12H2. The summed E-state index contributed by atoms with van der Waals surface area (Å²) in [5.74, 6) is 1.84. The lowest BCUT2D eigenvalue weighted by molar-refractivity contribution is 0.171. The molecule has 0 saturated heterocycles. The van der Waals surface area contributed by atoms with Gasteiger partial charge >= 0.3 is 0 Å². The van der Waals surface area contributed by atoms with Gasteiger partial charge in [-0.2, -0.15) is 0 Å². The van der Waals surface area contributed by atoms with Gasteiger partial charge in [0, 0.05) is 25.1 Å². The summed E-state index contributed by atoms with van der Waals surface area (Å²) in [7, 11) is 0. The molecule has 1 aromatic heterocycles. The Bertz CT molecular complexity index is 877. The van der Waals surface area contributed by atoms with Crippen LogP contribution >= 0.6 is 0 Å². The number of nitrogens with one attached hydrogen (secondary N) is 1. The van der Waals surface area contributed by atoms with Crippen molar-refractivity contribution in [3.05, 3.63) is 65.8 Å². The van der Waals surface area contributed by atoms with Gasteiger partial charge in [0.25, 0.3) is 0 Å². The van der Waals surface area contributed by atoms with Crippen LogP contribution in [0.5, 0.6) is 11.5 Å². The van der Waals surface area contributed by atoms with Gasteiger partial charge in [-0.05, 0) is 42.0 Å². The zero-order valence-electron chi connectivity index (χ0n) is 14.2.